The number of carbonyl (C=O) groups excluding carboxylic acids is 2. The smallest absolute Gasteiger partial charge is 0.319 e. The summed E-state index contributed by atoms with van der Waals surface area (Å²) in [5.41, 5.74) is 5.43. The van der Waals surface area contributed by atoms with Crippen molar-refractivity contribution in [2.75, 3.05) is 17.7 Å². The number of nitrogens with two attached hydrogens (primary N) is 1. The molecule has 0 saturated heterocycles. The zero-order valence-electron chi connectivity index (χ0n) is 13.7. The van der Waals surface area contributed by atoms with Crippen LogP contribution in [0.25, 0.3) is 0 Å². The van der Waals surface area contributed by atoms with E-state index in [1.54, 1.807) is 44.2 Å². The van der Waals surface area contributed by atoms with Crippen LogP contribution in [-0.4, -0.2) is 33.7 Å². The van der Waals surface area contributed by atoms with Crippen molar-refractivity contribution in [2.45, 2.75) is 24.3 Å². The van der Waals surface area contributed by atoms with Gasteiger partial charge in [-0.3, -0.25) is 19.4 Å². The third kappa shape index (κ3) is 4.83. The highest BCUT2D eigenvalue weighted by molar-refractivity contribution is 8.00. The molecule has 1 aromatic carbocycles. The molecule has 1 heterocycles. The average Bonchev–Trinajstić information content (AvgIpc) is 2.59. The van der Waals surface area contributed by atoms with Crippen LogP contribution in [0.4, 0.5) is 11.5 Å². The van der Waals surface area contributed by atoms with Gasteiger partial charge in [0.15, 0.2) is 11.0 Å². The lowest BCUT2D eigenvalue weighted by Gasteiger charge is -2.11. The molecule has 0 spiro atoms. The molecule has 0 radical (unpaired) electrons. The van der Waals surface area contributed by atoms with Crippen LogP contribution >= 0.6 is 11.8 Å². The highest BCUT2D eigenvalue weighted by Crippen LogP contribution is 2.22. The number of nitrogen functional groups attached to an aromatic ring is 1. The minimum Gasteiger partial charge on any atom is -0.465 e. The first kappa shape index (κ1) is 18.5. The number of ether oxygens (including phenoxy) is 1. The number of carbonyl (C=O) groups is 2. The molecular weight excluding hydrogens is 344 g/mol. The normalized spacial score (nSPS) is 11.6. The van der Waals surface area contributed by atoms with Crippen LogP contribution in [0, 0.1) is 0 Å². The highest BCUT2D eigenvalue weighted by atomic mass is 32.2. The predicted octanol–water partition coefficient (Wildman–Crippen LogP) is 1.65. The first-order chi connectivity index (χ1) is 11.9. The van der Waals surface area contributed by atoms with E-state index in [4.69, 9.17) is 10.5 Å². The maximum absolute atomic E-state index is 12.2. The molecule has 0 fully saturated rings. The van der Waals surface area contributed by atoms with Crippen molar-refractivity contribution in [3.05, 3.63) is 46.2 Å². The minimum atomic E-state index is -0.602. The SMILES string of the molecule is CCOC(=O)[C@@H](C)Sc1nc(N)c(NC(=O)c2ccccc2)c(=O)[nH]1. The Balaban J connectivity index is 2.16. The monoisotopic (exact) mass is 362 g/mol. The number of rotatable bonds is 6. The maximum Gasteiger partial charge on any atom is 0.319 e. The molecular formula is C16H18N4O4S. The van der Waals surface area contributed by atoms with Gasteiger partial charge in [-0.05, 0) is 26.0 Å². The Morgan fingerprint density at radius 3 is 2.64 bits per heavy atom. The van der Waals surface area contributed by atoms with E-state index < -0.39 is 22.7 Å². The third-order valence-electron chi connectivity index (χ3n) is 3.11. The number of benzene rings is 1. The number of aromatic nitrogens is 2. The predicted molar refractivity (Wildman–Crippen MR) is 95.6 cm³/mol. The van der Waals surface area contributed by atoms with E-state index in [0.717, 1.165) is 11.8 Å². The fourth-order valence-electron chi connectivity index (χ4n) is 1.90. The van der Waals surface area contributed by atoms with Crippen LogP contribution in [0.3, 0.4) is 0 Å². The Morgan fingerprint density at radius 1 is 1.36 bits per heavy atom. The summed E-state index contributed by atoms with van der Waals surface area (Å²) in [6, 6.07) is 8.40. The number of nitrogens with zero attached hydrogens (tertiary/aromatic N) is 1. The van der Waals surface area contributed by atoms with Gasteiger partial charge in [0.1, 0.15) is 10.9 Å². The number of nitrogens with one attached hydrogen (secondary N) is 2. The first-order valence-electron chi connectivity index (χ1n) is 7.51. The lowest BCUT2D eigenvalue weighted by Crippen LogP contribution is -2.24. The number of thioether (sulfide) groups is 1. The Labute approximate surface area is 148 Å². The van der Waals surface area contributed by atoms with Crippen molar-refractivity contribution in [3.63, 3.8) is 0 Å². The van der Waals surface area contributed by atoms with Gasteiger partial charge >= 0.3 is 5.97 Å². The summed E-state index contributed by atoms with van der Waals surface area (Å²) >= 11 is 1.01. The van der Waals surface area contributed by atoms with Gasteiger partial charge in [-0.2, -0.15) is 0 Å². The molecule has 0 aliphatic carbocycles. The summed E-state index contributed by atoms with van der Waals surface area (Å²) in [6.07, 6.45) is 0. The summed E-state index contributed by atoms with van der Waals surface area (Å²) in [5, 5.41) is 2.05. The van der Waals surface area contributed by atoms with Crippen molar-refractivity contribution in [1.29, 1.82) is 0 Å². The number of anilines is 2. The van der Waals surface area contributed by atoms with Crippen LogP contribution in [0.1, 0.15) is 24.2 Å². The molecule has 132 valence electrons. The standard InChI is InChI=1S/C16H18N4O4S/c1-3-24-15(23)9(2)25-16-19-12(17)11(14(22)20-16)18-13(21)10-7-5-4-6-8-10/h4-9H,3H2,1-2H3,(H,18,21)(H3,17,19,20,22)/t9-/m1/s1. The molecule has 0 aliphatic rings. The van der Waals surface area contributed by atoms with Crippen molar-refractivity contribution in [3.8, 4) is 0 Å². The number of amides is 1. The Morgan fingerprint density at radius 2 is 2.04 bits per heavy atom. The molecule has 0 saturated carbocycles. The highest BCUT2D eigenvalue weighted by Gasteiger charge is 2.19. The Hall–Kier alpha value is -2.81. The summed E-state index contributed by atoms with van der Waals surface area (Å²) < 4.78 is 4.89. The van der Waals surface area contributed by atoms with Gasteiger partial charge in [0, 0.05) is 5.56 Å². The average molecular weight is 362 g/mol. The maximum atomic E-state index is 12.2. The lowest BCUT2D eigenvalue weighted by atomic mass is 10.2. The molecule has 2 rings (SSSR count). The minimum absolute atomic E-state index is 0.133. The second-order valence-electron chi connectivity index (χ2n) is 4.96. The second-order valence-corrected chi connectivity index (χ2v) is 6.29. The lowest BCUT2D eigenvalue weighted by molar-refractivity contribution is -0.142. The van der Waals surface area contributed by atoms with E-state index >= 15 is 0 Å². The van der Waals surface area contributed by atoms with Gasteiger partial charge in [0.2, 0.25) is 0 Å². The van der Waals surface area contributed by atoms with Gasteiger partial charge in [-0.15, -0.1) is 0 Å². The molecule has 0 unspecified atom stereocenters. The van der Waals surface area contributed by atoms with Gasteiger partial charge in [-0.1, -0.05) is 30.0 Å². The van der Waals surface area contributed by atoms with Crippen molar-refractivity contribution in [2.24, 2.45) is 0 Å². The third-order valence-corrected chi connectivity index (χ3v) is 4.07. The van der Waals surface area contributed by atoms with E-state index in [1.807, 2.05) is 0 Å². The summed E-state index contributed by atoms with van der Waals surface area (Å²) in [4.78, 5) is 42.5. The number of esters is 1. The summed E-state index contributed by atoms with van der Waals surface area (Å²) in [6.45, 7) is 3.60. The zero-order valence-corrected chi connectivity index (χ0v) is 14.6. The summed E-state index contributed by atoms with van der Waals surface area (Å²) in [7, 11) is 0. The van der Waals surface area contributed by atoms with Crippen molar-refractivity contribution in [1.82, 2.24) is 9.97 Å². The van der Waals surface area contributed by atoms with Crippen molar-refractivity contribution < 1.29 is 14.3 Å². The van der Waals surface area contributed by atoms with E-state index in [1.165, 1.54) is 0 Å². The fourth-order valence-corrected chi connectivity index (χ4v) is 2.70. The van der Waals surface area contributed by atoms with Crippen LogP contribution in [0.15, 0.2) is 40.3 Å². The summed E-state index contributed by atoms with van der Waals surface area (Å²) in [5.74, 6) is -1.03. The van der Waals surface area contributed by atoms with Crippen LogP contribution < -0.4 is 16.6 Å². The van der Waals surface area contributed by atoms with Crippen molar-refractivity contribution >= 4 is 35.1 Å². The van der Waals surface area contributed by atoms with Crippen LogP contribution in [0.5, 0.6) is 0 Å². The van der Waals surface area contributed by atoms with Gasteiger partial charge < -0.3 is 15.8 Å². The van der Waals surface area contributed by atoms with E-state index in [9.17, 15) is 14.4 Å². The Kier molecular flexibility index (Phi) is 6.18. The molecule has 1 amide bonds. The topological polar surface area (TPSA) is 127 Å². The number of hydrogen-bond donors (Lipinski definition) is 3. The molecule has 1 aromatic heterocycles. The molecule has 8 nitrogen and oxygen atoms in total. The van der Waals surface area contributed by atoms with Gasteiger partial charge in [0.25, 0.3) is 11.5 Å². The van der Waals surface area contributed by atoms with E-state index in [0.29, 0.717) is 5.56 Å². The van der Waals surface area contributed by atoms with E-state index in [2.05, 4.69) is 15.3 Å². The van der Waals surface area contributed by atoms with Gasteiger partial charge in [0.05, 0.1) is 6.61 Å². The Bertz CT molecular complexity index is 823. The largest absolute Gasteiger partial charge is 0.465 e. The molecule has 25 heavy (non-hydrogen) atoms. The number of aromatic amines is 1. The van der Waals surface area contributed by atoms with E-state index in [-0.39, 0.29) is 23.3 Å². The number of H-pyrrole nitrogens is 1. The molecule has 9 heteroatoms. The quantitative estimate of drug-likeness (QED) is 0.405. The number of hydrogen-bond acceptors (Lipinski definition) is 7. The molecule has 4 N–H and O–H groups in total. The fraction of sp³-hybridized carbons (Fsp3) is 0.250. The first-order valence-corrected chi connectivity index (χ1v) is 8.39. The van der Waals surface area contributed by atoms with Crippen LogP contribution in [0.2, 0.25) is 0 Å². The van der Waals surface area contributed by atoms with Crippen LogP contribution in [-0.2, 0) is 9.53 Å². The van der Waals surface area contributed by atoms with Gasteiger partial charge in [-0.25, -0.2) is 4.98 Å². The molecule has 1 atom stereocenters. The second kappa shape index (κ2) is 8.34. The molecule has 0 bridgehead atoms. The zero-order chi connectivity index (χ0) is 18.4. The molecule has 2 aromatic rings. The molecule has 0 aliphatic heterocycles.